The first kappa shape index (κ1) is 19.0. The Labute approximate surface area is 173 Å². The molecule has 29 heavy (non-hydrogen) atoms. The van der Waals surface area contributed by atoms with Crippen LogP contribution in [0.15, 0.2) is 72.8 Å². The third kappa shape index (κ3) is 4.25. The van der Waals surface area contributed by atoms with Crippen molar-refractivity contribution in [1.82, 2.24) is 9.55 Å². The van der Waals surface area contributed by atoms with E-state index in [1.165, 1.54) is 0 Å². The maximum absolute atomic E-state index is 12.7. The summed E-state index contributed by atoms with van der Waals surface area (Å²) in [6.07, 6.45) is 0.609. The summed E-state index contributed by atoms with van der Waals surface area (Å²) < 4.78 is 7.18. The van der Waals surface area contributed by atoms with Gasteiger partial charge in [0, 0.05) is 6.42 Å². The predicted molar refractivity (Wildman–Crippen MR) is 116 cm³/mol. The summed E-state index contributed by atoms with van der Waals surface area (Å²) in [5, 5.41) is 3.39. The number of hydrogen-bond donors (Lipinski definition) is 1. The minimum absolute atomic E-state index is 0.150. The molecule has 0 radical (unpaired) electrons. The summed E-state index contributed by atoms with van der Waals surface area (Å²) in [5.74, 6) is 1.48. The van der Waals surface area contributed by atoms with Crippen molar-refractivity contribution in [1.29, 1.82) is 0 Å². The number of rotatable bonds is 6. The van der Waals surface area contributed by atoms with Gasteiger partial charge in [-0.25, -0.2) is 4.98 Å². The average Bonchev–Trinajstić information content (AvgIpc) is 3.07. The molecule has 0 saturated heterocycles. The minimum Gasteiger partial charge on any atom is -0.497 e. The van der Waals surface area contributed by atoms with Gasteiger partial charge in [0.25, 0.3) is 0 Å². The highest BCUT2D eigenvalue weighted by Crippen LogP contribution is 2.22. The van der Waals surface area contributed by atoms with E-state index in [0.29, 0.717) is 17.1 Å². The summed E-state index contributed by atoms with van der Waals surface area (Å²) in [7, 11) is 1.64. The maximum atomic E-state index is 12.7. The van der Waals surface area contributed by atoms with Crippen LogP contribution in [0.4, 0.5) is 5.69 Å². The first-order chi connectivity index (χ1) is 14.1. The van der Waals surface area contributed by atoms with E-state index in [4.69, 9.17) is 21.3 Å². The van der Waals surface area contributed by atoms with Gasteiger partial charge in [-0.15, -0.1) is 0 Å². The van der Waals surface area contributed by atoms with Crippen LogP contribution in [0.25, 0.3) is 11.0 Å². The number of hydrogen-bond acceptors (Lipinski definition) is 3. The number of benzene rings is 3. The number of halogens is 1. The normalized spacial score (nSPS) is 10.8. The molecule has 3 aromatic carbocycles. The van der Waals surface area contributed by atoms with E-state index in [2.05, 4.69) is 5.32 Å². The van der Waals surface area contributed by atoms with Gasteiger partial charge in [0.05, 0.1) is 28.9 Å². The number of fused-ring (bicyclic) bond motifs is 1. The molecule has 0 spiro atoms. The van der Waals surface area contributed by atoms with Gasteiger partial charge in [0.1, 0.15) is 18.1 Å². The van der Waals surface area contributed by atoms with Crippen LogP contribution in [0.3, 0.4) is 0 Å². The van der Waals surface area contributed by atoms with Crippen LogP contribution in [0.2, 0.25) is 5.02 Å². The molecule has 6 heteroatoms. The van der Waals surface area contributed by atoms with E-state index in [1.54, 1.807) is 19.2 Å². The summed E-state index contributed by atoms with van der Waals surface area (Å²) in [4.78, 5) is 17.5. The molecule has 1 aromatic heterocycles. The number of para-hydroxylation sites is 3. The number of anilines is 1. The second-order valence-electron chi connectivity index (χ2n) is 6.66. The molecule has 4 rings (SSSR count). The third-order valence-electron chi connectivity index (χ3n) is 4.70. The Bertz CT molecular complexity index is 1150. The highest BCUT2D eigenvalue weighted by atomic mass is 35.5. The van der Waals surface area contributed by atoms with Crippen LogP contribution in [0.1, 0.15) is 11.4 Å². The van der Waals surface area contributed by atoms with Crippen molar-refractivity contribution in [3.05, 3.63) is 89.2 Å². The van der Waals surface area contributed by atoms with Crippen LogP contribution >= 0.6 is 11.6 Å². The van der Waals surface area contributed by atoms with Crippen molar-refractivity contribution in [3.63, 3.8) is 0 Å². The SMILES string of the molecule is COc1ccc(Cc2nc3ccccc3n2CC(=O)Nc2ccccc2Cl)cc1. The predicted octanol–water partition coefficient (Wildman–Crippen LogP) is 4.93. The number of methoxy groups -OCH3 is 1. The van der Waals surface area contributed by atoms with Crippen molar-refractivity contribution in [2.24, 2.45) is 0 Å². The molecular formula is C23H20ClN3O2. The number of nitrogens with one attached hydrogen (secondary N) is 1. The molecule has 0 aliphatic carbocycles. The molecule has 0 bridgehead atoms. The third-order valence-corrected chi connectivity index (χ3v) is 5.03. The monoisotopic (exact) mass is 405 g/mol. The first-order valence-corrected chi connectivity index (χ1v) is 9.63. The lowest BCUT2D eigenvalue weighted by atomic mass is 10.1. The number of carbonyl (C=O) groups is 1. The van der Waals surface area contributed by atoms with E-state index < -0.39 is 0 Å². The van der Waals surface area contributed by atoms with E-state index in [1.807, 2.05) is 65.2 Å². The van der Waals surface area contributed by atoms with Crippen molar-refractivity contribution < 1.29 is 9.53 Å². The molecule has 0 fully saturated rings. The Kier molecular flexibility index (Phi) is 5.49. The van der Waals surface area contributed by atoms with E-state index >= 15 is 0 Å². The molecule has 1 N–H and O–H groups in total. The number of carbonyl (C=O) groups excluding carboxylic acids is 1. The van der Waals surface area contributed by atoms with Crippen molar-refractivity contribution >= 4 is 34.2 Å². The standard InChI is InChI=1S/C23H20ClN3O2/c1-29-17-12-10-16(11-13-17)14-22-25-20-8-4-5-9-21(20)27(22)15-23(28)26-19-7-3-2-6-18(19)24/h2-13H,14-15H2,1H3,(H,26,28). The molecule has 1 heterocycles. The zero-order chi connectivity index (χ0) is 20.2. The highest BCUT2D eigenvalue weighted by Gasteiger charge is 2.15. The highest BCUT2D eigenvalue weighted by molar-refractivity contribution is 6.33. The summed E-state index contributed by atoms with van der Waals surface area (Å²) >= 11 is 6.16. The van der Waals surface area contributed by atoms with Crippen LogP contribution in [0, 0.1) is 0 Å². The average molecular weight is 406 g/mol. The molecule has 5 nitrogen and oxygen atoms in total. The topological polar surface area (TPSA) is 56.2 Å². The Balaban J connectivity index is 1.62. The van der Waals surface area contributed by atoms with Gasteiger partial charge >= 0.3 is 0 Å². The van der Waals surface area contributed by atoms with Crippen LogP contribution in [0.5, 0.6) is 5.75 Å². The van der Waals surface area contributed by atoms with E-state index in [0.717, 1.165) is 28.2 Å². The lowest BCUT2D eigenvalue weighted by Crippen LogP contribution is -2.20. The Morgan fingerprint density at radius 1 is 1.03 bits per heavy atom. The molecule has 0 unspecified atom stereocenters. The fourth-order valence-corrected chi connectivity index (χ4v) is 3.44. The fraction of sp³-hybridized carbons (Fsp3) is 0.130. The summed E-state index contributed by atoms with van der Waals surface area (Å²) in [6, 6.07) is 22.9. The zero-order valence-corrected chi connectivity index (χ0v) is 16.7. The van der Waals surface area contributed by atoms with Gasteiger partial charge in [-0.05, 0) is 42.0 Å². The number of nitrogens with zero attached hydrogens (tertiary/aromatic N) is 2. The maximum Gasteiger partial charge on any atom is 0.244 e. The zero-order valence-electron chi connectivity index (χ0n) is 15.9. The number of amides is 1. The van der Waals surface area contributed by atoms with Gasteiger partial charge < -0.3 is 14.6 Å². The Morgan fingerprint density at radius 3 is 2.52 bits per heavy atom. The second-order valence-corrected chi connectivity index (χ2v) is 7.06. The summed E-state index contributed by atoms with van der Waals surface area (Å²) in [6.45, 7) is 0.150. The van der Waals surface area contributed by atoms with Crippen molar-refractivity contribution in [2.75, 3.05) is 12.4 Å². The van der Waals surface area contributed by atoms with Crippen LogP contribution in [-0.2, 0) is 17.8 Å². The lowest BCUT2D eigenvalue weighted by Gasteiger charge is -2.11. The van der Waals surface area contributed by atoms with Gasteiger partial charge in [-0.1, -0.05) is 48.0 Å². The second kappa shape index (κ2) is 8.37. The molecular weight excluding hydrogens is 386 g/mol. The van der Waals surface area contributed by atoms with Gasteiger partial charge in [0.2, 0.25) is 5.91 Å². The largest absolute Gasteiger partial charge is 0.497 e. The molecule has 0 saturated carbocycles. The first-order valence-electron chi connectivity index (χ1n) is 9.25. The number of aromatic nitrogens is 2. The molecule has 0 atom stereocenters. The smallest absolute Gasteiger partial charge is 0.244 e. The molecule has 4 aromatic rings. The Hall–Kier alpha value is -3.31. The fourth-order valence-electron chi connectivity index (χ4n) is 3.26. The van der Waals surface area contributed by atoms with Gasteiger partial charge in [0.15, 0.2) is 0 Å². The van der Waals surface area contributed by atoms with Crippen molar-refractivity contribution in [3.8, 4) is 5.75 Å². The Morgan fingerprint density at radius 2 is 1.76 bits per heavy atom. The van der Waals surface area contributed by atoms with Gasteiger partial charge in [-0.2, -0.15) is 0 Å². The number of ether oxygens (including phenoxy) is 1. The molecule has 146 valence electrons. The molecule has 0 aliphatic heterocycles. The lowest BCUT2D eigenvalue weighted by molar-refractivity contribution is -0.116. The van der Waals surface area contributed by atoms with E-state index in [9.17, 15) is 4.79 Å². The van der Waals surface area contributed by atoms with Crippen molar-refractivity contribution in [2.45, 2.75) is 13.0 Å². The minimum atomic E-state index is -0.155. The molecule has 0 aliphatic rings. The quantitative estimate of drug-likeness (QED) is 0.495. The number of imidazole rings is 1. The van der Waals surface area contributed by atoms with Crippen LogP contribution in [-0.4, -0.2) is 22.6 Å². The van der Waals surface area contributed by atoms with Gasteiger partial charge in [-0.3, -0.25) is 4.79 Å². The van der Waals surface area contributed by atoms with Crippen LogP contribution < -0.4 is 10.1 Å². The molecule has 1 amide bonds. The van der Waals surface area contributed by atoms with E-state index in [-0.39, 0.29) is 12.5 Å². The summed E-state index contributed by atoms with van der Waals surface area (Å²) in [5.41, 5.74) is 3.47.